The van der Waals surface area contributed by atoms with Gasteiger partial charge in [-0.3, -0.25) is 0 Å². The summed E-state index contributed by atoms with van der Waals surface area (Å²) in [6, 6.07) is 0. The third-order valence-electron chi connectivity index (χ3n) is 2.71. The van der Waals surface area contributed by atoms with E-state index in [1.54, 1.807) is 0 Å². The minimum atomic E-state index is 1.01. The Morgan fingerprint density at radius 3 is 2.76 bits per heavy atom. The molecule has 0 unspecified atom stereocenters. The van der Waals surface area contributed by atoms with Crippen molar-refractivity contribution in [2.24, 2.45) is 0 Å². The highest BCUT2D eigenvalue weighted by Crippen LogP contribution is 2.09. The standard InChI is InChI=1S/C13H26N4/c1-5-6-8-14-13-15-12(2)11-17(13)10-7-9-16(3)4/h11H,5-10H2,1-4H3,(H,14,15). The van der Waals surface area contributed by atoms with Crippen LogP contribution in [0.5, 0.6) is 0 Å². The highest BCUT2D eigenvalue weighted by molar-refractivity contribution is 5.28. The molecule has 0 aliphatic carbocycles. The summed E-state index contributed by atoms with van der Waals surface area (Å²) in [4.78, 5) is 6.73. The van der Waals surface area contributed by atoms with Crippen molar-refractivity contribution in [1.82, 2.24) is 14.5 Å². The van der Waals surface area contributed by atoms with Crippen LogP contribution < -0.4 is 5.32 Å². The molecule has 0 amide bonds. The average Bonchev–Trinajstić information content (AvgIpc) is 2.59. The Morgan fingerprint density at radius 1 is 1.35 bits per heavy atom. The second kappa shape index (κ2) is 7.33. The van der Waals surface area contributed by atoms with Crippen molar-refractivity contribution < 1.29 is 0 Å². The van der Waals surface area contributed by atoms with E-state index in [9.17, 15) is 0 Å². The predicted octanol–water partition coefficient (Wildman–Crippen LogP) is 2.36. The molecule has 1 heterocycles. The Labute approximate surface area is 105 Å². The van der Waals surface area contributed by atoms with Gasteiger partial charge < -0.3 is 14.8 Å². The molecule has 0 aliphatic rings. The van der Waals surface area contributed by atoms with Gasteiger partial charge in [-0.15, -0.1) is 0 Å². The highest BCUT2D eigenvalue weighted by Gasteiger charge is 2.04. The first-order valence-corrected chi connectivity index (χ1v) is 6.56. The number of nitrogens with zero attached hydrogens (tertiary/aromatic N) is 3. The molecular weight excluding hydrogens is 212 g/mol. The van der Waals surface area contributed by atoms with Crippen LogP contribution in [0.2, 0.25) is 0 Å². The van der Waals surface area contributed by atoms with Crippen LogP contribution in [0.15, 0.2) is 6.20 Å². The van der Waals surface area contributed by atoms with Crippen LogP contribution in [0, 0.1) is 6.92 Å². The lowest BCUT2D eigenvalue weighted by atomic mass is 10.3. The van der Waals surface area contributed by atoms with Crippen molar-refractivity contribution in [3.8, 4) is 0 Å². The van der Waals surface area contributed by atoms with Crippen LogP contribution in [0.4, 0.5) is 5.95 Å². The van der Waals surface area contributed by atoms with E-state index in [4.69, 9.17) is 0 Å². The zero-order chi connectivity index (χ0) is 12.7. The number of unbranched alkanes of at least 4 members (excludes halogenated alkanes) is 1. The molecule has 1 rings (SSSR count). The van der Waals surface area contributed by atoms with Crippen molar-refractivity contribution in [1.29, 1.82) is 0 Å². The molecule has 4 nitrogen and oxygen atoms in total. The summed E-state index contributed by atoms with van der Waals surface area (Å²) in [7, 11) is 4.22. The lowest BCUT2D eigenvalue weighted by molar-refractivity contribution is 0.387. The van der Waals surface area contributed by atoms with E-state index in [0.29, 0.717) is 0 Å². The SMILES string of the molecule is CCCCNc1nc(C)cn1CCCN(C)C. The lowest BCUT2D eigenvalue weighted by Gasteiger charge is -2.12. The van der Waals surface area contributed by atoms with E-state index >= 15 is 0 Å². The van der Waals surface area contributed by atoms with Crippen LogP contribution in [0.1, 0.15) is 31.9 Å². The molecule has 1 aromatic heterocycles. The molecule has 1 N–H and O–H groups in total. The average molecular weight is 238 g/mol. The third kappa shape index (κ3) is 5.22. The molecule has 17 heavy (non-hydrogen) atoms. The molecule has 1 aromatic rings. The van der Waals surface area contributed by atoms with Crippen LogP contribution in [-0.4, -0.2) is 41.6 Å². The van der Waals surface area contributed by atoms with Crippen molar-refractivity contribution in [3.05, 3.63) is 11.9 Å². The van der Waals surface area contributed by atoms with Crippen molar-refractivity contribution in [2.75, 3.05) is 32.5 Å². The largest absolute Gasteiger partial charge is 0.356 e. The van der Waals surface area contributed by atoms with Gasteiger partial charge in [-0.2, -0.15) is 0 Å². The van der Waals surface area contributed by atoms with Gasteiger partial charge in [-0.05, 0) is 40.4 Å². The minimum absolute atomic E-state index is 1.01. The molecule has 0 spiro atoms. The maximum atomic E-state index is 4.52. The topological polar surface area (TPSA) is 33.1 Å². The Morgan fingerprint density at radius 2 is 2.12 bits per heavy atom. The Bertz CT molecular complexity index is 317. The summed E-state index contributed by atoms with van der Waals surface area (Å²) in [6.07, 6.45) is 5.70. The van der Waals surface area contributed by atoms with Crippen molar-refractivity contribution >= 4 is 5.95 Å². The summed E-state index contributed by atoms with van der Waals surface area (Å²) < 4.78 is 2.23. The van der Waals surface area contributed by atoms with Gasteiger partial charge in [0.2, 0.25) is 5.95 Å². The second-order valence-corrected chi connectivity index (χ2v) is 4.84. The zero-order valence-corrected chi connectivity index (χ0v) is 11.7. The predicted molar refractivity (Wildman–Crippen MR) is 73.5 cm³/mol. The molecule has 0 aromatic carbocycles. The summed E-state index contributed by atoms with van der Waals surface area (Å²) >= 11 is 0. The number of anilines is 1. The molecule has 0 aliphatic heterocycles. The number of hydrogen-bond acceptors (Lipinski definition) is 3. The van der Waals surface area contributed by atoms with E-state index in [1.165, 1.54) is 12.8 Å². The van der Waals surface area contributed by atoms with Gasteiger partial charge in [0.1, 0.15) is 0 Å². The Hall–Kier alpha value is -1.03. The summed E-state index contributed by atoms with van der Waals surface area (Å²) in [5.74, 6) is 1.02. The fourth-order valence-electron chi connectivity index (χ4n) is 1.79. The van der Waals surface area contributed by atoms with Gasteiger partial charge in [0.05, 0.1) is 5.69 Å². The van der Waals surface area contributed by atoms with Crippen LogP contribution >= 0.6 is 0 Å². The van der Waals surface area contributed by atoms with E-state index in [1.807, 2.05) is 6.92 Å². The maximum Gasteiger partial charge on any atom is 0.203 e. The van der Waals surface area contributed by atoms with Gasteiger partial charge in [0.25, 0.3) is 0 Å². The normalized spacial score (nSPS) is 11.1. The Balaban J connectivity index is 2.45. The number of rotatable bonds is 8. The highest BCUT2D eigenvalue weighted by atomic mass is 15.2. The summed E-state index contributed by atoms with van der Waals surface area (Å²) in [5, 5.41) is 3.41. The number of hydrogen-bond donors (Lipinski definition) is 1. The van der Waals surface area contributed by atoms with Crippen molar-refractivity contribution in [3.63, 3.8) is 0 Å². The Kier molecular flexibility index (Phi) is 6.05. The zero-order valence-electron chi connectivity index (χ0n) is 11.7. The number of aryl methyl sites for hydroxylation is 2. The van der Waals surface area contributed by atoms with E-state index < -0.39 is 0 Å². The van der Waals surface area contributed by atoms with Gasteiger partial charge >= 0.3 is 0 Å². The minimum Gasteiger partial charge on any atom is -0.356 e. The van der Waals surface area contributed by atoms with E-state index in [-0.39, 0.29) is 0 Å². The number of aromatic nitrogens is 2. The van der Waals surface area contributed by atoms with Gasteiger partial charge in [-0.1, -0.05) is 13.3 Å². The molecule has 0 saturated carbocycles. The first kappa shape index (κ1) is 14.0. The molecule has 0 fully saturated rings. The van der Waals surface area contributed by atoms with E-state index in [0.717, 1.165) is 37.7 Å². The maximum absolute atomic E-state index is 4.52. The number of nitrogens with one attached hydrogen (secondary N) is 1. The first-order chi connectivity index (χ1) is 8.13. The smallest absolute Gasteiger partial charge is 0.203 e. The fraction of sp³-hybridized carbons (Fsp3) is 0.769. The third-order valence-corrected chi connectivity index (χ3v) is 2.71. The van der Waals surface area contributed by atoms with Gasteiger partial charge in [0, 0.05) is 19.3 Å². The first-order valence-electron chi connectivity index (χ1n) is 6.56. The molecule has 4 heteroatoms. The van der Waals surface area contributed by atoms with Crippen LogP contribution in [0.25, 0.3) is 0 Å². The summed E-state index contributed by atoms with van der Waals surface area (Å²) in [5.41, 5.74) is 1.09. The molecule has 0 saturated heterocycles. The molecule has 0 atom stereocenters. The van der Waals surface area contributed by atoms with Crippen LogP contribution in [0.3, 0.4) is 0 Å². The monoisotopic (exact) mass is 238 g/mol. The quantitative estimate of drug-likeness (QED) is 0.706. The van der Waals surface area contributed by atoms with Crippen molar-refractivity contribution in [2.45, 2.75) is 39.7 Å². The van der Waals surface area contributed by atoms with E-state index in [2.05, 4.69) is 47.0 Å². The number of imidazole rings is 1. The van der Waals surface area contributed by atoms with Crippen LogP contribution in [-0.2, 0) is 6.54 Å². The summed E-state index contributed by atoms with van der Waals surface area (Å²) in [6.45, 7) is 7.42. The second-order valence-electron chi connectivity index (χ2n) is 4.84. The van der Waals surface area contributed by atoms with Gasteiger partial charge in [0.15, 0.2) is 0 Å². The lowest BCUT2D eigenvalue weighted by Crippen LogP contribution is -2.16. The molecule has 98 valence electrons. The molecule has 0 radical (unpaired) electrons. The van der Waals surface area contributed by atoms with Gasteiger partial charge in [-0.25, -0.2) is 4.98 Å². The molecular formula is C13H26N4. The fourth-order valence-corrected chi connectivity index (χ4v) is 1.79. The molecule has 0 bridgehead atoms.